The summed E-state index contributed by atoms with van der Waals surface area (Å²) in [5, 5.41) is 15.5. The van der Waals surface area contributed by atoms with Crippen molar-refractivity contribution in [2.75, 3.05) is 0 Å². The quantitative estimate of drug-likeness (QED) is 0.748. The zero-order valence-corrected chi connectivity index (χ0v) is 7.04. The van der Waals surface area contributed by atoms with Crippen LogP contribution in [0.3, 0.4) is 0 Å². The summed E-state index contributed by atoms with van der Waals surface area (Å²) in [5.74, 6) is -1.41. The number of hydrogen-bond donors (Lipinski definition) is 1. The third-order valence-corrected chi connectivity index (χ3v) is 1.63. The SMILES string of the molecule is O=C(O)c1nnc(-c2ccccc2)o1.[NaH]. The summed E-state index contributed by atoms with van der Waals surface area (Å²) < 4.78 is 4.91. The zero-order valence-electron chi connectivity index (χ0n) is 7.04. The van der Waals surface area contributed by atoms with E-state index in [1.165, 1.54) is 0 Å². The van der Waals surface area contributed by atoms with Crippen LogP contribution in [0.2, 0.25) is 0 Å². The van der Waals surface area contributed by atoms with E-state index in [0.29, 0.717) is 5.56 Å². The molecule has 0 spiro atoms. The van der Waals surface area contributed by atoms with Crippen LogP contribution < -0.4 is 0 Å². The fourth-order valence-electron chi connectivity index (χ4n) is 1.01. The molecule has 0 saturated carbocycles. The summed E-state index contributed by atoms with van der Waals surface area (Å²) >= 11 is 0. The molecule has 2 aromatic rings. The number of carboxylic acid groups (broad SMARTS) is 1. The molecule has 0 amide bonds. The van der Waals surface area contributed by atoms with Crippen molar-refractivity contribution in [3.05, 3.63) is 36.2 Å². The Morgan fingerprint density at radius 1 is 1.20 bits per heavy atom. The van der Waals surface area contributed by atoms with Gasteiger partial charge in [-0.1, -0.05) is 18.2 Å². The molecule has 1 heterocycles. The molecule has 5 nitrogen and oxygen atoms in total. The van der Waals surface area contributed by atoms with Crippen LogP contribution in [0.1, 0.15) is 10.7 Å². The van der Waals surface area contributed by atoms with Crippen molar-refractivity contribution >= 4 is 35.5 Å². The van der Waals surface area contributed by atoms with Crippen LogP contribution >= 0.6 is 0 Å². The zero-order chi connectivity index (χ0) is 9.97. The van der Waals surface area contributed by atoms with Gasteiger partial charge in [0.15, 0.2) is 0 Å². The minimum absolute atomic E-state index is 0. The van der Waals surface area contributed by atoms with E-state index < -0.39 is 11.9 Å². The van der Waals surface area contributed by atoms with Crippen molar-refractivity contribution in [3.63, 3.8) is 0 Å². The van der Waals surface area contributed by atoms with Crippen LogP contribution in [0.5, 0.6) is 0 Å². The number of benzene rings is 1. The monoisotopic (exact) mass is 214 g/mol. The van der Waals surface area contributed by atoms with Gasteiger partial charge in [-0.2, -0.15) is 0 Å². The van der Waals surface area contributed by atoms with Crippen LogP contribution in [0.25, 0.3) is 11.5 Å². The van der Waals surface area contributed by atoms with Gasteiger partial charge in [-0.3, -0.25) is 0 Å². The first-order chi connectivity index (χ1) is 6.77. The summed E-state index contributed by atoms with van der Waals surface area (Å²) in [7, 11) is 0. The van der Waals surface area contributed by atoms with Crippen LogP contribution in [0.4, 0.5) is 0 Å². The van der Waals surface area contributed by atoms with Crippen LogP contribution in [0, 0.1) is 0 Å². The predicted octanol–water partition coefficient (Wildman–Crippen LogP) is 0.786. The maximum atomic E-state index is 10.4. The van der Waals surface area contributed by atoms with Gasteiger partial charge in [0, 0.05) is 5.56 Å². The molecule has 1 aromatic carbocycles. The molecule has 1 N–H and O–H groups in total. The number of nitrogens with zero attached hydrogens (tertiary/aromatic N) is 2. The minimum atomic E-state index is -1.22. The van der Waals surface area contributed by atoms with E-state index in [1.54, 1.807) is 24.3 Å². The number of aromatic nitrogens is 2. The number of carboxylic acids is 1. The number of hydrogen-bond acceptors (Lipinski definition) is 4. The second-order valence-electron chi connectivity index (χ2n) is 2.58. The number of rotatable bonds is 2. The first-order valence-electron chi connectivity index (χ1n) is 3.89. The van der Waals surface area contributed by atoms with Gasteiger partial charge in [0.1, 0.15) is 0 Å². The molecule has 0 saturated heterocycles. The second kappa shape index (κ2) is 5.06. The van der Waals surface area contributed by atoms with Gasteiger partial charge in [0.25, 0.3) is 0 Å². The second-order valence-corrected chi connectivity index (χ2v) is 2.58. The van der Waals surface area contributed by atoms with E-state index in [1.807, 2.05) is 6.07 Å². The van der Waals surface area contributed by atoms with E-state index in [9.17, 15) is 4.79 Å². The molecule has 0 radical (unpaired) electrons. The normalized spacial score (nSPS) is 9.33. The predicted molar refractivity (Wildman–Crippen MR) is 53.8 cm³/mol. The molecule has 0 aliphatic carbocycles. The average Bonchev–Trinajstić information content (AvgIpc) is 2.68. The molecule has 1 aromatic heterocycles. The van der Waals surface area contributed by atoms with Crippen molar-refractivity contribution in [2.45, 2.75) is 0 Å². The number of aromatic carboxylic acids is 1. The molecular formula is C9H7N2NaO3. The third-order valence-electron chi connectivity index (χ3n) is 1.63. The maximum absolute atomic E-state index is 10.4. The summed E-state index contributed by atoms with van der Waals surface area (Å²) in [6.45, 7) is 0. The van der Waals surface area contributed by atoms with E-state index in [4.69, 9.17) is 9.52 Å². The van der Waals surface area contributed by atoms with Crippen LogP contribution in [0.15, 0.2) is 34.7 Å². The molecule has 15 heavy (non-hydrogen) atoms. The first-order valence-corrected chi connectivity index (χ1v) is 3.89. The molecule has 2 rings (SSSR count). The van der Waals surface area contributed by atoms with E-state index in [-0.39, 0.29) is 35.4 Å². The Labute approximate surface area is 107 Å². The van der Waals surface area contributed by atoms with Gasteiger partial charge < -0.3 is 9.52 Å². The molecule has 0 bridgehead atoms. The topological polar surface area (TPSA) is 76.2 Å². The van der Waals surface area contributed by atoms with Crippen molar-refractivity contribution in [1.29, 1.82) is 0 Å². The van der Waals surface area contributed by atoms with Crippen molar-refractivity contribution in [2.24, 2.45) is 0 Å². The van der Waals surface area contributed by atoms with Gasteiger partial charge in [-0.25, -0.2) is 4.79 Å². The summed E-state index contributed by atoms with van der Waals surface area (Å²) in [6.07, 6.45) is 0. The molecule has 0 unspecified atom stereocenters. The number of carbonyl (C=O) groups is 1. The summed E-state index contributed by atoms with van der Waals surface area (Å²) in [4.78, 5) is 10.4. The molecule has 0 aliphatic heterocycles. The molecular weight excluding hydrogens is 207 g/mol. The average molecular weight is 214 g/mol. The Bertz CT molecular complexity index is 455. The Morgan fingerprint density at radius 3 is 2.40 bits per heavy atom. The fraction of sp³-hybridized carbons (Fsp3) is 0. The van der Waals surface area contributed by atoms with Crippen molar-refractivity contribution in [3.8, 4) is 11.5 Å². The van der Waals surface area contributed by atoms with Gasteiger partial charge in [-0.15, -0.1) is 10.2 Å². The van der Waals surface area contributed by atoms with Crippen molar-refractivity contribution < 1.29 is 14.3 Å². The van der Waals surface area contributed by atoms with E-state index in [2.05, 4.69) is 10.2 Å². The van der Waals surface area contributed by atoms with Crippen molar-refractivity contribution in [1.82, 2.24) is 10.2 Å². The molecule has 0 fully saturated rings. The Balaban J connectivity index is 0.00000112. The van der Waals surface area contributed by atoms with Crippen LogP contribution in [-0.2, 0) is 0 Å². The Morgan fingerprint density at radius 2 is 1.87 bits per heavy atom. The van der Waals surface area contributed by atoms with E-state index >= 15 is 0 Å². The molecule has 72 valence electrons. The third kappa shape index (κ3) is 2.65. The van der Waals surface area contributed by atoms with Gasteiger partial charge in [0.2, 0.25) is 5.89 Å². The first kappa shape index (κ1) is 11.9. The molecule has 0 aliphatic rings. The van der Waals surface area contributed by atoms with Crippen LogP contribution in [-0.4, -0.2) is 50.8 Å². The fourth-order valence-corrected chi connectivity index (χ4v) is 1.01. The standard InChI is InChI=1S/C9H6N2O3.Na.H/c12-9(13)8-11-10-7(14-8)6-4-2-1-3-5-6;;/h1-5H,(H,12,13);;. The Kier molecular flexibility index (Phi) is 4.02. The molecule has 6 heteroatoms. The molecule has 0 atom stereocenters. The van der Waals surface area contributed by atoms with Gasteiger partial charge in [0.05, 0.1) is 0 Å². The van der Waals surface area contributed by atoms with E-state index in [0.717, 1.165) is 0 Å². The Hall–Kier alpha value is -1.17. The van der Waals surface area contributed by atoms with Gasteiger partial charge >= 0.3 is 41.4 Å². The van der Waals surface area contributed by atoms with Gasteiger partial charge in [-0.05, 0) is 12.1 Å². The summed E-state index contributed by atoms with van der Waals surface area (Å²) in [5.41, 5.74) is 0.701. The summed E-state index contributed by atoms with van der Waals surface area (Å²) in [6, 6.07) is 8.98.